The van der Waals surface area contributed by atoms with Crippen LogP contribution in [0.25, 0.3) is 11.3 Å². The van der Waals surface area contributed by atoms with Gasteiger partial charge in [-0.15, -0.1) is 0 Å². The first kappa shape index (κ1) is 12.5. The van der Waals surface area contributed by atoms with Gasteiger partial charge in [0.1, 0.15) is 5.76 Å². The van der Waals surface area contributed by atoms with Crippen molar-refractivity contribution in [1.29, 1.82) is 0 Å². The molecule has 0 spiro atoms. The third kappa shape index (κ3) is 2.19. The average molecular weight is 310 g/mol. The Labute approximate surface area is 111 Å². The van der Waals surface area contributed by atoms with Crippen molar-refractivity contribution in [2.24, 2.45) is 0 Å². The van der Waals surface area contributed by atoms with Gasteiger partial charge < -0.3 is 4.42 Å². The topological polar surface area (TPSA) is 73.3 Å². The molecule has 2 rings (SSSR count). The summed E-state index contributed by atoms with van der Waals surface area (Å²) in [5.74, 6) is 0.714. The molecule has 0 aliphatic heterocycles. The van der Waals surface area contributed by atoms with Crippen LogP contribution in [0.4, 0.5) is 5.69 Å². The van der Waals surface area contributed by atoms with Gasteiger partial charge >= 0.3 is 0 Å². The van der Waals surface area contributed by atoms with E-state index in [9.17, 15) is 14.9 Å². The maximum Gasteiger partial charge on any atom is 0.270 e. The van der Waals surface area contributed by atoms with Crippen LogP contribution in [-0.2, 0) is 0 Å². The molecule has 1 aromatic carbocycles. The van der Waals surface area contributed by atoms with E-state index < -0.39 is 4.92 Å². The lowest BCUT2D eigenvalue weighted by molar-refractivity contribution is -0.385. The maximum atomic E-state index is 10.7. The number of benzene rings is 1. The molecule has 1 aromatic heterocycles. The molecule has 0 amide bonds. The molecule has 0 radical (unpaired) electrons. The molecule has 18 heavy (non-hydrogen) atoms. The number of carbonyl (C=O) groups is 1. The van der Waals surface area contributed by atoms with Crippen LogP contribution in [0.5, 0.6) is 0 Å². The van der Waals surface area contributed by atoms with E-state index in [1.54, 1.807) is 19.1 Å². The van der Waals surface area contributed by atoms with E-state index >= 15 is 0 Å². The predicted molar refractivity (Wildman–Crippen MR) is 68.6 cm³/mol. The first-order valence-corrected chi connectivity index (χ1v) is 5.82. The Balaban J connectivity index is 2.57. The van der Waals surface area contributed by atoms with Gasteiger partial charge in [0.05, 0.1) is 4.92 Å². The quantitative estimate of drug-likeness (QED) is 0.492. The Morgan fingerprint density at radius 2 is 2.11 bits per heavy atom. The Kier molecular flexibility index (Phi) is 3.29. The van der Waals surface area contributed by atoms with E-state index in [-0.39, 0.29) is 11.4 Å². The fourth-order valence-electron chi connectivity index (χ4n) is 1.69. The minimum absolute atomic E-state index is 0.00490. The van der Waals surface area contributed by atoms with E-state index in [0.717, 1.165) is 0 Å². The number of aldehydes is 1. The highest BCUT2D eigenvalue weighted by Crippen LogP contribution is 2.35. The van der Waals surface area contributed by atoms with Crippen LogP contribution < -0.4 is 0 Å². The van der Waals surface area contributed by atoms with Gasteiger partial charge in [-0.1, -0.05) is 0 Å². The molecule has 0 N–H and O–H groups in total. The van der Waals surface area contributed by atoms with Crippen molar-refractivity contribution in [3.8, 4) is 11.3 Å². The van der Waals surface area contributed by atoms with Crippen LogP contribution in [0.1, 0.15) is 16.1 Å². The van der Waals surface area contributed by atoms with Crippen LogP contribution in [-0.4, -0.2) is 11.2 Å². The molecule has 0 saturated heterocycles. The van der Waals surface area contributed by atoms with Crippen molar-refractivity contribution >= 4 is 27.9 Å². The fourth-order valence-corrected chi connectivity index (χ4v) is 2.44. The first-order valence-electron chi connectivity index (χ1n) is 5.03. The Morgan fingerprint density at radius 3 is 2.61 bits per heavy atom. The number of carbonyl (C=O) groups excluding carboxylic acids is 1. The molecular weight excluding hydrogens is 302 g/mol. The Morgan fingerprint density at radius 1 is 1.39 bits per heavy atom. The number of hydrogen-bond donors (Lipinski definition) is 0. The highest BCUT2D eigenvalue weighted by Gasteiger charge is 2.16. The number of nitrogens with zero attached hydrogens (tertiary/aromatic N) is 1. The van der Waals surface area contributed by atoms with Gasteiger partial charge in [-0.3, -0.25) is 14.9 Å². The minimum atomic E-state index is -0.458. The number of aryl methyl sites for hydroxylation is 1. The molecule has 0 saturated carbocycles. The van der Waals surface area contributed by atoms with Crippen molar-refractivity contribution in [2.45, 2.75) is 6.92 Å². The lowest BCUT2D eigenvalue weighted by atomic mass is 10.1. The number of halogens is 1. The van der Waals surface area contributed by atoms with Crippen LogP contribution in [0, 0.1) is 17.0 Å². The SMILES string of the molecule is Cc1cc([N+](=O)[O-])cc(Br)c1-c1ccc(C=O)o1. The second-order valence-corrected chi connectivity index (χ2v) is 4.55. The smallest absolute Gasteiger partial charge is 0.270 e. The number of hydrogen-bond acceptors (Lipinski definition) is 4. The van der Waals surface area contributed by atoms with Crippen molar-refractivity contribution in [1.82, 2.24) is 0 Å². The number of nitro groups is 1. The number of non-ortho nitro benzene ring substituents is 1. The molecule has 0 atom stereocenters. The van der Waals surface area contributed by atoms with Crippen LogP contribution >= 0.6 is 15.9 Å². The molecule has 0 unspecified atom stereocenters. The summed E-state index contributed by atoms with van der Waals surface area (Å²) in [7, 11) is 0. The first-order chi connectivity index (χ1) is 8.52. The Bertz CT molecular complexity index is 610. The highest BCUT2D eigenvalue weighted by atomic mass is 79.9. The summed E-state index contributed by atoms with van der Waals surface area (Å²) >= 11 is 3.28. The largest absolute Gasteiger partial charge is 0.453 e. The third-order valence-corrected chi connectivity index (χ3v) is 3.10. The van der Waals surface area contributed by atoms with E-state index in [2.05, 4.69) is 15.9 Å². The fraction of sp³-hybridized carbons (Fsp3) is 0.0833. The lowest BCUT2D eigenvalue weighted by Gasteiger charge is -2.05. The number of nitro benzene ring substituents is 1. The second-order valence-electron chi connectivity index (χ2n) is 3.70. The molecule has 92 valence electrons. The molecule has 2 aromatic rings. The van der Waals surface area contributed by atoms with Gasteiger partial charge in [0, 0.05) is 22.2 Å². The molecule has 0 aliphatic rings. The molecular formula is C12H8BrNO4. The normalized spacial score (nSPS) is 10.3. The van der Waals surface area contributed by atoms with Crippen molar-refractivity contribution in [3.05, 3.63) is 50.2 Å². The molecule has 0 aliphatic carbocycles. The molecule has 5 nitrogen and oxygen atoms in total. The van der Waals surface area contributed by atoms with Crippen LogP contribution in [0.15, 0.2) is 33.2 Å². The summed E-state index contributed by atoms with van der Waals surface area (Å²) < 4.78 is 5.87. The number of rotatable bonds is 3. The second kappa shape index (κ2) is 4.73. The average Bonchev–Trinajstić information content (AvgIpc) is 2.76. The zero-order chi connectivity index (χ0) is 13.3. The summed E-state index contributed by atoms with van der Waals surface area (Å²) in [6, 6.07) is 6.08. The van der Waals surface area contributed by atoms with Gasteiger partial charge in [0.2, 0.25) is 0 Å². The zero-order valence-corrected chi connectivity index (χ0v) is 10.9. The van der Waals surface area contributed by atoms with Crippen LogP contribution in [0.3, 0.4) is 0 Å². The summed E-state index contributed by atoms with van der Waals surface area (Å²) in [5.41, 5.74) is 1.40. The van der Waals surface area contributed by atoms with E-state index in [1.165, 1.54) is 12.1 Å². The molecule has 0 bridgehead atoms. The predicted octanol–water partition coefficient (Wildman–Crippen LogP) is 3.74. The number of furan rings is 1. The van der Waals surface area contributed by atoms with Crippen molar-refractivity contribution in [2.75, 3.05) is 0 Å². The lowest BCUT2D eigenvalue weighted by Crippen LogP contribution is -1.91. The van der Waals surface area contributed by atoms with Crippen molar-refractivity contribution < 1.29 is 14.1 Å². The summed E-state index contributed by atoms with van der Waals surface area (Å²) in [5, 5.41) is 10.7. The van der Waals surface area contributed by atoms with Gasteiger partial charge in [-0.25, -0.2) is 0 Å². The standard InChI is InChI=1S/C12H8BrNO4/c1-7-4-8(14(16)17)5-10(13)12(7)11-3-2-9(6-15)18-11/h2-6H,1H3. The van der Waals surface area contributed by atoms with Gasteiger partial charge in [-0.2, -0.15) is 0 Å². The molecule has 6 heteroatoms. The summed E-state index contributed by atoms with van der Waals surface area (Å²) in [6.07, 6.45) is 0.609. The van der Waals surface area contributed by atoms with Crippen molar-refractivity contribution in [3.63, 3.8) is 0 Å². The summed E-state index contributed by atoms with van der Waals surface area (Å²) in [4.78, 5) is 20.8. The Hall–Kier alpha value is -1.95. The highest BCUT2D eigenvalue weighted by molar-refractivity contribution is 9.10. The van der Waals surface area contributed by atoms with E-state index in [0.29, 0.717) is 27.6 Å². The minimum Gasteiger partial charge on any atom is -0.453 e. The van der Waals surface area contributed by atoms with Gasteiger partial charge in [0.15, 0.2) is 12.0 Å². The van der Waals surface area contributed by atoms with E-state index in [1.807, 2.05) is 0 Å². The van der Waals surface area contributed by atoms with E-state index in [4.69, 9.17) is 4.42 Å². The molecule has 0 fully saturated rings. The maximum absolute atomic E-state index is 10.7. The van der Waals surface area contributed by atoms with Gasteiger partial charge in [0.25, 0.3) is 5.69 Å². The zero-order valence-electron chi connectivity index (χ0n) is 9.34. The monoisotopic (exact) mass is 309 g/mol. The third-order valence-electron chi connectivity index (χ3n) is 2.47. The molecule has 1 heterocycles. The summed E-state index contributed by atoms with van der Waals surface area (Å²) in [6.45, 7) is 1.75. The van der Waals surface area contributed by atoms with Gasteiger partial charge in [-0.05, 0) is 40.5 Å². The van der Waals surface area contributed by atoms with Crippen LogP contribution in [0.2, 0.25) is 0 Å².